The summed E-state index contributed by atoms with van der Waals surface area (Å²) < 4.78 is 6.60. The Morgan fingerprint density at radius 2 is 2.09 bits per heavy atom. The number of nitrogens with one attached hydrogen (secondary N) is 1. The molecule has 0 atom stereocenters. The van der Waals surface area contributed by atoms with Crippen LogP contribution in [0.2, 0.25) is 0 Å². The molecule has 0 aliphatic carbocycles. The van der Waals surface area contributed by atoms with Crippen LogP contribution in [0.5, 0.6) is 0 Å². The number of amides is 1. The first kappa shape index (κ1) is 19.5. The van der Waals surface area contributed by atoms with E-state index < -0.39 is 5.60 Å². The highest BCUT2D eigenvalue weighted by Crippen LogP contribution is 2.26. The van der Waals surface area contributed by atoms with Gasteiger partial charge in [-0.15, -0.1) is 11.3 Å². The number of rotatable bonds is 7. The smallest absolute Gasteiger partial charge is 0.410 e. The maximum absolute atomic E-state index is 12.1. The van der Waals surface area contributed by atoms with Gasteiger partial charge in [-0.3, -0.25) is 0 Å². The van der Waals surface area contributed by atoms with Crippen molar-refractivity contribution >= 4 is 33.4 Å². The molecule has 0 aliphatic rings. The number of carbonyl (C=O) groups excluding carboxylic acids is 1. The van der Waals surface area contributed by atoms with E-state index in [0.29, 0.717) is 6.54 Å². The minimum absolute atomic E-state index is 0.231. The molecule has 0 aliphatic heterocycles. The second-order valence-electron chi connectivity index (χ2n) is 6.26. The average molecular weight is 391 g/mol. The molecule has 0 radical (unpaired) electrons. The zero-order valence-electron chi connectivity index (χ0n) is 14.2. The second-order valence-corrected chi connectivity index (χ2v) is 8.46. The van der Waals surface area contributed by atoms with E-state index in [2.05, 4.69) is 41.2 Å². The summed E-state index contributed by atoms with van der Waals surface area (Å²) in [7, 11) is 0. The van der Waals surface area contributed by atoms with Gasteiger partial charge in [0.15, 0.2) is 0 Å². The third-order valence-corrected chi connectivity index (χ3v) is 5.05. The van der Waals surface area contributed by atoms with Gasteiger partial charge in [-0.05, 0) is 56.1 Å². The fourth-order valence-electron chi connectivity index (χ4n) is 1.92. The maximum atomic E-state index is 12.1. The summed E-state index contributed by atoms with van der Waals surface area (Å²) >= 11 is 5.31. The molecule has 0 spiro atoms. The van der Waals surface area contributed by atoms with Crippen LogP contribution in [0.4, 0.5) is 4.79 Å². The van der Waals surface area contributed by atoms with Crippen molar-refractivity contribution in [3.05, 3.63) is 20.3 Å². The van der Waals surface area contributed by atoms with Gasteiger partial charge in [-0.25, -0.2) is 4.79 Å². The van der Waals surface area contributed by atoms with Crippen LogP contribution in [0, 0.1) is 6.92 Å². The topological polar surface area (TPSA) is 41.6 Å². The normalized spacial score (nSPS) is 11.5. The van der Waals surface area contributed by atoms with E-state index in [1.807, 2.05) is 20.8 Å². The van der Waals surface area contributed by atoms with E-state index >= 15 is 0 Å². The molecular formula is C16H27BrN2O2S. The van der Waals surface area contributed by atoms with Crippen molar-refractivity contribution in [2.24, 2.45) is 0 Å². The number of hydrogen-bond acceptors (Lipinski definition) is 4. The Morgan fingerprint density at radius 1 is 1.41 bits per heavy atom. The summed E-state index contributed by atoms with van der Waals surface area (Å²) in [5, 5.41) is 3.39. The molecule has 0 bridgehead atoms. The summed E-state index contributed by atoms with van der Waals surface area (Å²) in [6.07, 6.45) is 0.696. The predicted molar refractivity (Wildman–Crippen MR) is 96.6 cm³/mol. The molecule has 0 fully saturated rings. The highest BCUT2D eigenvalue weighted by atomic mass is 79.9. The lowest BCUT2D eigenvalue weighted by molar-refractivity contribution is 0.0252. The number of hydrogen-bond donors (Lipinski definition) is 1. The van der Waals surface area contributed by atoms with Crippen LogP contribution in [-0.4, -0.2) is 36.2 Å². The molecule has 4 nitrogen and oxygen atoms in total. The number of nitrogens with zero attached hydrogens (tertiary/aromatic N) is 1. The van der Waals surface area contributed by atoms with Crippen molar-refractivity contribution in [3.8, 4) is 0 Å². The van der Waals surface area contributed by atoms with Gasteiger partial charge in [-0.2, -0.15) is 0 Å². The molecule has 1 heterocycles. The van der Waals surface area contributed by atoms with E-state index in [1.165, 1.54) is 9.75 Å². The molecule has 1 aromatic heterocycles. The fourth-order valence-corrected chi connectivity index (χ4v) is 3.49. The van der Waals surface area contributed by atoms with Gasteiger partial charge in [0, 0.05) is 40.4 Å². The zero-order chi connectivity index (χ0) is 16.8. The van der Waals surface area contributed by atoms with Gasteiger partial charge in [0.2, 0.25) is 0 Å². The van der Waals surface area contributed by atoms with Crippen molar-refractivity contribution in [3.63, 3.8) is 0 Å². The van der Waals surface area contributed by atoms with Crippen molar-refractivity contribution in [2.75, 3.05) is 19.6 Å². The Bertz CT molecular complexity index is 463. The first-order chi connectivity index (χ1) is 10.2. The summed E-state index contributed by atoms with van der Waals surface area (Å²) in [4.78, 5) is 16.5. The first-order valence-corrected chi connectivity index (χ1v) is 9.27. The molecule has 0 aromatic carbocycles. The van der Waals surface area contributed by atoms with Crippen LogP contribution >= 0.6 is 27.3 Å². The molecule has 0 unspecified atom stereocenters. The van der Waals surface area contributed by atoms with Crippen LogP contribution in [0.15, 0.2) is 10.5 Å². The summed E-state index contributed by atoms with van der Waals surface area (Å²) in [5.41, 5.74) is -0.447. The Morgan fingerprint density at radius 3 is 2.59 bits per heavy atom. The Hall–Kier alpha value is -0.590. The number of ether oxygens (including phenoxy) is 1. The Kier molecular flexibility index (Phi) is 7.86. The molecule has 1 N–H and O–H groups in total. The third kappa shape index (κ3) is 7.11. The lowest BCUT2D eigenvalue weighted by Crippen LogP contribution is -2.40. The van der Waals surface area contributed by atoms with Gasteiger partial charge in [0.05, 0.1) is 0 Å². The molecule has 22 heavy (non-hydrogen) atoms. The molecule has 1 amide bonds. The molecule has 1 aromatic rings. The lowest BCUT2D eigenvalue weighted by Gasteiger charge is -2.27. The molecule has 6 heteroatoms. The highest BCUT2D eigenvalue weighted by Gasteiger charge is 2.21. The van der Waals surface area contributed by atoms with Gasteiger partial charge in [0.25, 0.3) is 0 Å². The minimum Gasteiger partial charge on any atom is -0.444 e. The fraction of sp³-hybridized carbons (Fsp3) is 0.688. The molecule has 126 valence electrons. The highest BCUT2D eigenvalue weighted by molar-refractivity contribution is 9.10. The minimum atomic E-state index is -0.447. The quantitative estimate of drug-likeness (QED) is 0.693. The molecule has 1 rings (SSSR count). The SMILES string of the molecule is CCCN(CCNCc1cc(Br)c(C)s1)C(=O)OC(C)(C)C. The Labute approximate surface area is 146 Å². The molecule has 0 saturated carbocycles. The van der Waals surface area contributed by atoms with Gasteiger partial charge < -0.3 is 15.0 Å². The van der Waals surface area contributed by atoms with Crippen LogP contribution < -0.4 is 5.32 Å². The number of thiophene rings is 1. The monoisotopic (exact) mass is 390 g/mol. The van der Waals surface area contributed by atoms with Gasteiger partial charge in [-0.1, -0.05) is 6.92 Å². The van der Waals surface area contributed by atoms with Crippen molar-refractivity contribution in [1.29, 1.82) is 0 Å². The van der Waals surface area contributed by atoms with E-state index in [1.54, 1.807) is 16.2 Å². The summed E-state index contributed by atoms with van der Waals surface area (Å²) in [6, 6.07) is 2.14. The average Bonchev–Trinajstić information content (AvgIpc) is 2.70. The van der Waals surface area contributed by atoms with Gasteiger partial charge in [0.1, 0.15) is 5.60 Å². The first-order valence-electron chi connectivity index (χ1n) is 7.66. The summed E-state index contributed by atoms with van der Waals surface area (Å²) in [6.45, 7) is 12.8. The second kappa shape index (κ2) is 8.89. The van der Waals surface area contributed by atoms with Crippen LogP contribution in [0.1, 0.15) is 43.9 Å². The maximum Gasteiger partial charge on any atom is 0.410 e. The predicted octanol–water partition coefficient (Wildman–Crippen LogP) is 4.56. The van der Waals surface area contributed by atoms with Crippen molar-refractivity contribution in [2.45, 2.75) is 53.2 Å². The largest absolute Gasteiger partial charge is 0.444 e. The van der Waals surface area contributed by atoms with Crippen molar-refractivity contribution in [1.82, 2.24) is 10.2 Å². The molecule has 0 saturated heterocycles. The van der Waals surface area contributed by atoms with Gasteiger partial charge >= 0.3 is 6.09 Å². The third-order valence-electron chi connectivity index (χ3n) is 2.91. The summed E-state index contributed by atoms with van der Waals surface area (Å²) in [5.74, 6) is 0. The van der Waals surface area contributed by atoms with E-state index in [4.69, 9.17) is 4.74 Å². The number of carbonyl (C=O) groups is 1. The van der Waals surface area contributed by atoms with E-state index in [0.717, 1.165) is 30.5 Å². The molecular weight excluding hydrogens is 364 g/mol. The lowest BCUT2D eigenvalue weighted by atomic mass is 10.2. The van der Waals surface area contributed by atoms with Crippen LogP contribution in [-0.2, 0) is 11.3 Å². The van der Waals surface area contributed by atoms with E-state index in [9.17, 15) is 4.79 Å². The zero-order valence-corrected chi connectivity index (χ0v) is 16.6. The standard InChI is InChI=1S/C16H27BrN2O2S/c1-6-8-19(15(20)21-16(3,4)5)9-7-18-11-13-10-14(17)12(2)22-13/h10,18H,6-9,11H2,1-5H3. The number of aryl methyl sites for hydroxylation is 1. The van der Waals surface area contributed by atoms with Crippen molar-refractivity contribution < 1.29 is 9.53 Å². The number of halogens is 1. The van der Waals surface area contributed by atoms with E-state index in [-0.39, 0.29) is 6.09 Å². The van der Waals surface area contributed by atoms with Crippen LogP contribution in [0.25, 0.3) is 0 Å². The Balaban J connectivity index is 2.39. The van der Waals surface area contributed by atoms with Crippen LogP contribution in [0.3, 0.4) is 0 Å².